The Morgan fingerprint density at radius 1 is 1.82 bits per heavy atom. The van der Waals surface area contributed by atoms with Crippen LogP contribution < -0.4 is 5.32 Å². The maximum Gasteiger partial charge on any atom is 0.200 e. The number of aliphatic hydroxyl groups is 1. The SMILES string of the molecule is N#CC1(C=O)C=CC(O)=CN1. The Labute approximate surface area is 63.4 Å². The number of nitrogens with zero attached hydrogens (tertiary/aromatic N) is 1. The summed E-state index contributed by atoms with van der Waals surface area (Å²) in [6.07, 6.45) is 4.29. The summed E-state index contributed by atoms with van der Waals surface area (Å²) in [6, 6.07) is 1.77. The minimum absolute atomic E-state index is 0.00211. The van der Waals surface area contributed by atoms with E-state index in [4.69, 9.17) is 10.4 Å². The van der Waals surface area contributed by atoms with Gasteiger partial charge in [-0.1, -0.05) is 0 Å². The molecule has 1 aliphatic rings. The number of carbonyl (C=O) groups excluding carboxylic acids is 1. The zero-order valence-corrected chi connectivity index (χ0v) is 5.61. The third kappa shape index (κ3) is 1.22. The van der Waals surface area contributed by atoms with E-state index in [1.807, 2.05) is 0 Å². The van der Waals surface area contributed by atoms with Gasteiger partial charge in [-0.25, -0.2) is 0 Å². The summed E-state index contributed by atoms with van der Waals surface area (Å²) in [4.78, 5) is 10.4. The van der Waals surface area contributed by atoms with Crippen LogP contribution in [0.15, 0.2) is 24.1 Å². The van der Waals surface area contributed by atoms with Crippen molar-refractivity contribution in [1.82, 2.24) is 5.32 Å². The lowest BCUT2D eigenvalue weighted by atomic mass is 10.0. The van der Waals surface area contributed by atoms with Crippen LogP contribution in [0, 0.1) is 11.3 Å². The molecule has 1 heterocycles. The van der Waals surface area contributed by atoms with Crippen molar-refractivity contribution >= 4 is 6.29 Å². The Kier molecular flexibility index (Phi) is 1.65. The van der Waals surface area contributed by atoms with Crippen LogP contribution in [0.5, 0.6) is 0 Å². The van der Waals surface area contributed by atoms with E-state index in [1.165, 1.54) is 18.4 Å². The first-order chi connectivity index (χ1) is 5.22. The molecule has 4 heteroatoms. The Morgan fingerprint density at radius 3 is 2.91 bits per heavy atom. The van der Waals surface area contributed by atoms with E-state index in [2.05, 4.69) is 5.32 Å². The van der Waals surface area contributed by atoms with Gasteiger partial charge in [-0.2, -0.15) is 5.26 Å². The molecule has 0 aromatic heterocycles. The first-order valence-corrected chi connectivity index (χ1v) is 2.96. The lowest BCUT2D eigenvalue weighted by molar-refractivity contribution is -0.110. The molecule has 0 radical (unpaired) electrons. The number of carbonyl (C=O) groups is 1. The molecule has 0 spiro atoms. The Hall–Kier alpha value is -1.76. The number of aldehydes is 1. The molecular formula is C7H6N2O2. The van der Waals surface area contributed by atoms with Crippen molar-refractivity contribution in [1.29, 1.82) is 5.26 Å². The number of nitriles is 1. The normalized spacial score (nSPS) is 28.1. The summed E-state index contributed by atoms with van der Waals surface area (Å²) >= 11 is 0. The second kappa shape index (κ2) is 2.46. The van der Waals surface area contributed by atoms with Gasteiger partial charge in [-0.05, 0) is 12.2 Å². The molecule has 0 saturated heterocycles. The molecule has 0 bridgehead atoms. The summed E-state index contributed by atoms with van der Waals surface area (Å²) in [7, 11) is 0. The van der Waals surface area contributed by atoms with Gasteiger partial charge in [0.25, 0.3) is 0 Å². The molecule has 0 saturated carbocycles. The van der Waals surface area contributed by atoms with Crippen LogP contribution in [0.3, 0.4) is 0 Å². The van der Waals surface area contributed by atoms with Crippen molar-refractivity contribution in [3.8, 4) is 6.07 Å². The molecule has 1 unspecified atom stereocenters. The summed E-state index contributed by atoms with van der Waals surface area (Å²) < 4.78 is 0. The predicted molar refractivity (Wildman–Crippen MR) is 37.4 cm³/mol. The van der Waals surface area contributed by atoms with Gasteiger partial charge >= 0.3 is 0 Å². The highest BCUT2D eigenvalue weighted by molar-refractivity contribution is 5.74. The van der Waals surface area contributed by atoms with Crippen LogP contribution in [-0.2, 0) is 4.79 Å². The highest BCUT2D eigenvalue weighted by Crippen LogP contribution is 2.08. The number of hydrogen-bond acceptors (Lipinski definition) is 4. The van der Waals surface area contributed by atoms with Gasteiger partial charge in [0, 0.05) is 6.20 Å². The minimum Gasteiger partial charge on any atom is -0.506 e. The Balaban J connectivity index is 2.90. The molecule has 0 amide bonds. The number of hydrogen-bond donors (Lipinski definition) is 2. The molecule has 4 nitrogen and oxygen atoms in total. The molecule has 0 aromatic carbocycles. The summed E-state index contributed by atoms with van der Waals surface area (Å²) in [5.41, 5.74) is -1.30. The van der Waals surface area contributed by atoms with Crippen molar-refractivity contribution in [2.24, 2.45) is 0 Å². The molecule has 1 aliphatic heterocycles. The maximum absolute atomic E-state index is 10.4. The fraction of sp³-hybridized carbons (Fsp3) is 0.143. The lowest BCUT2D eigenvalue weighted by Gasteiger charge is -2.18. The third-order valence-electron chi connectivity index (χ3n) is 1.35. The van der Waals surface area contributed by atoms with Gasteiger partial charge in [-0.3, -0.25) is 4.79 Å². The van der Waals surface area contributed by atoms with Crippen molar-refractivity contribution in [3.05, 3.63) is 24.1 Å². The topological polar surface area (TPSA) is 73.1 Å². The highest BCUT2D eigenvalue weighted by atomic mass is 16.3. The number of aliphatic hydroxyl groups excluding tert-OH is 1. The van der Waals surface area contributed by atoms with E-state index >= 15 is 0 Å². The van der Waals surface area contributed by atoms with Crippen LogP contribution in [0.4, 0.5) is 0 Å². The molecule has 2 N–H and O–H groups in total. The number of dihydropyridines is 1. The first-order valence-electron chi connectivity index (χ1n) is 2.96. The van der Waals surface area contributed by atoms with Gasteiger partial charge < -0.3 is 10.4 Å². The van der Waals surface area contributed by atoms with Crippen LogP contribution in [0.25, 0.3) is 0 Å². The van der Waals surface area contributed by atoms with Crippen molar-refractivity contribution < 1.29 is 9.90 Å². The fourth-order valence-corrected chi connectivity index (χ4v) is 0.676. The number of rotatable bonds is 1. The smallest absolute Gasteiger partial charge is 0.200 e. The molecule has 0 aromatic rings. The number of nitrogens with one attached hydrogen (secondary N) is 1. The van der Waals surface area contributed by atoms with Crippen molar-refractivity contribution in [2.75, 3.05) is 0 Å². The van der Waals surface area contributed by atoms with Gasteiger partial charge in [-0.15, -0.1) is 0 Å². The largest absolute Gasteiger partial charge is 0.506 e. The van der Waals surface area contributed by atoms with E-state index in [1.54, 1.807) is 6.07 Å². The Morgan fingerprint density at radius 2 is 2.55 bits per heavy atom. The van der Waals surface area contributed by atoms with Gasteiger partial charge in [0.05, 0.1) is 0 Å². The molecule has 1 rings (SSSR count). The predicted octanol–water partition coefficient (Wildman–Crippen LogP) is 0.00648. The molecule has 1 atom stereocenters. The first kappa shape index (κ1) is 7.35. The minimum atomic E-state index is -1.30. The monoisotopic (exact) mass is 150 g/mol. The van der Waals surface area contributed by atoms with Crippen LogP contribution in [0.2, 0.25) is 0 Å². The summed E-state index contributed by atoms with van der Waals surface area (Å²) in [5.74, 6) is -0.00211. The zero-order chi connectivity index (χ0) is 8.32. The average Bonchev–Trinajstić information content (AvgIpc) is 2.07. The van der Waals surface area contributed by atoms with E-state index in [-0.39, 0.29) is 5.76 Å². The molecular weight excluding hydrogens is 144 g/mol. The van der Waals surface area contributed by atoms with Crippen LogP contribution >= 0.6 is 0 Å². The zero-order valence-electron chi connectivity index (χ0n) is 5.61. The molecule has 56 valence electrons. The van der Waals surface area contributed by atoms with Gasteiger partial charge in [0.2, 0.25) is 0 Å². The third-order valence-corrected chi connectivity index (χ3v) is 1.35. The average molecular weight is 150 g/mol. The van der Waals surface area contributed by atoms with E-state index in [0.29, 0.717) is 6.29 Å². The van der Waals surface area contributed by atoms with E-state index < -0.39 is 5.54 Å². The Bertz CT molecular complexity index is 275. The van der Waals surface area contributed by atoms with E-state index in [9.17, 15) is 4.79 Å². The summed E-state index contributed by atoms with van der Waals surface area (Å²) in [6.45, 7) is 0. The van der Waals surface area contributed by atoms with Crippen molar-refractivity contribution in [2.45, 2.75) is 5.54 Å². The van der Waals surface area contributed by atoms with Crippen LogP contribution in [0.1, 0.15) is 0 Å². The van der Waals surface area contributed by atoms with Crippen molar-refractivity contribution in [3.63, 3.8) is 0 Å². The van der Waals surface area contributed by atoms with E-state index in [0.717, 1.165) is 0 Å². The fourth-order valence-electron chi connectivity index (χ4n) is 0.676. The lowest BCUT2D eigenvalue weighted by Crippen LogP contribution is -2.42. The standard InChI is InChI=1S/C7H6N2O2/c8-4-7(5-10)2-1-6(11)3-9-7/h1-3,5,9,11H. The summed E-state index contributed by atoms with van der Waals surface area (Å²) in [5, 5.41) is 19.8. The number of allylic oxidation sites excluding steroid dienone is 1. The molecule has 11 heavy (non-hydrogen) atoms. The highest BCUT2D eigenvalue weighted by Gasteiger charge is 2.26. The molecule has 0 fully saturated rings. The van der Waals surface area contributed by atoms with Crippen LogP contribution in [-0.4, -0.2) is 16.9 Å². The second-order valence-corrected chi connectivity index (χ2v) is 2.15. The maximum atomic E-state index is 10.4. The van der Waals surface area contributed by atoms with Gasteiger partial charge in [0.15, 0.2) is 11.8 Å². The van der Waals surface area contributed by atoms with Gasteiger partial charge in [0.1, 0.15) is 11.8 Å². The quantitative estimate of drug-likeness (QED) is 0.516. The second-order valence-electron chi connectivity index (χ2n) is 2.15. The molecule has 0 aliphatic carbocycles.